The Bertz CT molecular complexity index is 1270. The van der Waals surface area contributed by atoms with Crippen LogP contribution in [0.2, 0.25) is 0 Å². The Balaban J connectivity index is 1.69. The smallest absolute Gasteiger partial charge is 0.255 e. The number of aryl methyl sites for hydroxylation is 1. The highest BCUT2D eigenvalue weighted by Gasteiger charge is 2.23. The molecule has 0 saturated carbocycles. The van der Waals surface area contributed by atoms with Gasteiger partial charge in [0.2, 0.25) is 5.78 Å². The number of carbonyl (C=O) groups is 2. The lowest BCUT2D eigenvalue weighted by Gasteiger charge is -2.08. The number of fused-ring (bicyclic) bond motifs is 1. The third-order valence-electron chi connectivity index (χ3n) is 5.09. The Morgan fingerprint density at radius 2 is 1.68 bits per heavy atom. The van der Waals surface area contributed by atoms with Crippen molar-refractivity contribution >= 4 is 28.3 Å². The van der Waals surface area contributed by atoms with E-state index in [9.17, 15) is 9.59 Å². The highest BCUT2D eigenvalue weighted by Crippen LogP contribution is 2.32. The fraction of sp³-hybridized carbons (Fsp3) is 0.120. The van der Waals surface area contributed by atoms with Crippen LogP contribution in [0.5, 0.6) is 11.5 Å². The van der Waals surface area contributed by atoms with Crippen LogP contribution in [0.3, 0.4) is 0 Å². The second-order valence-corrected chi connectivity index (χ2v) is 6.98. The summed E-state index contributed by atoms with van der Waals surface area (Å²) < 4.78 is 16.5. The van der Waals surface area contributed by atoms with E-state index in [1.807, 2.05) is 25.1 Å². The molecule has 0 aliphatic carbocycles. The molecule has 4 aromatic rings. The molecule has 0 unspecified atom stereocenters. The molecule has 0 saturated heterocycles. The lowest BCUT2D eigenvalue weighted by molar-refractivity contribution is 0.100. The Labute approximate surface area is 179 Å². The molecular weight excluding hydrogens is 394 g/mol. The molecule has 6 heteroatoms. The summed E-state index contributed by atoms with van der Waals surface area (Å²) in [6.45, 7) is 1.81. The average molecular weight is 415 g/mol. The van der Waals surface area contributed by atoms with Crippen molar-refractivity contribution in [1.29, 1.82) is 0 Å². The van der Waals surface area contributed by atoms with Gasteiger partial charge in [-0.25, -0.2) is 0 Å². The minimum Gasteiger partial charge on any atom is -0.497 e. The van der Waals surface area contributed by atoms with Crippen LogP contribution >= 0.6 is 0 Å². The van der Waals surface area contributed by atoms with Crippen molar-refractivity contribution in [1.82, 2.24) is 0 Å². The molecule has 0 aliphatic heterocycles. The van der Waals surface area contributed by atoms with Crippen molar-refractivity contribution < 1.29 is 23.5 Å². The van der Waals surface area contributed by atoms with Gasteiger partial charge in [0.15, 0.2) is 5.76 Å². The van der Waals surface area contributed by atoms with Crippen LogP contribution < -0.4 is 14.8 Å². The van der Waals surface area contributed by atoms with Gasteiger partial charge in [0.1, 0.15) is 17.1 Å². The van der Waals surface area contributed by atoms with Crippen molar-refractivity contribution in [2.75, 3.05) is 19.5 Å². The molecule has 3 aromatic carbocycles. The van der Waals surface area contributed by atoms with E-state index in [0.29, 0.717) is 39.5 Å². The largest absolute Gasteiger partial charge is 0.497 e. The molecular formula is C25H21NO5. The van der Waals surface area contributed by atoms with E-state index in [4.69, 9.17) is 13.9 Å². The van der Waals surface area contributed by atoms with Gasteiger partial charge >= 0.3 is 0 Å². The van der Waals surface area contributed by atoms with E-state index in [1.165, 1.54) is 14.2 Å². The van der Waals surface area contributed by atoms with Crippen molar-refractivity contribution in [3.8, 4) is 11.5 Å². The van der Waals surface area contributed by atoms with Gasteiger partial charge in [-0.05, 0) is 55.5 Å². The van der Waals surface area contributed by atoms with Gasteiger partial charge in [-0.15, -0.1) is 0 Å². The molecule has 1 N–H and O–H groups in total. The molecule has 1 amide bonds. The summed E-state index contributed by atoms with van der Waals surface area (Å²) in [6, 6.07) is 19.3. The zero-order valence-corrected chi connectivity index (χ0v) is 17.4. The summed E-state index contributed by atoms with van der Waals surface area (Å²) in [5.74, 6) is 0.677. The lowest BCUT2D eigenvalue weighted by Crippen LogP contribution is -2.11. The number of ketones is 1. The Morgan fingerprint density at radius 1 is 0.903 bits per heavy atom. The maximum Gasteiger partial charge on any atom is 0.255 e. The van der Waals surface area contributed by atoms with Crippen LogP contribution in [-0.2, 0) is 0 Å². The molecule has 0 fully saturated rings. The van der Waals surface area contributed by atoms with Crippen LogP contribution in [0.1, 0.15) is 32.0 Å². The molecule has 6 nitrogen and oxygen atoms in total. The monoisotopic (exact) mass is 415 g/mol. The molecule has 156 valence electrons. The highest BCUT2D eigenvalue weighted by molar-refractivity contribution is 6.12. The van der Waals surface area contributed by atoms with Crippen LogP contribution in [0, 0.1) is 6.92 Å². The highest BCUT2D eigenvalue weighted by atomic mass is 16.5. The Hall–Kier alpha value is -4.06. The van der Waals surface area contributed by atoms with Gasteiger partial charge in [0.25, 0.3) is 5.91 Å². The van der Waals surface area contributed by atoms with E-state index in [0.717, 1.165) is 5.39 Å². The maximum atomic E-state index is 13.2. The average Bonchev–Trinajstić information content (AvgIpc) is 3.14. The minimum atomic E-state index is -0.306. The van der Waals surface area contributed by atoms with Gasteiger partial charge in [-0.2, -0.15) is 0 Å². The van der Waals surface area contributed by atoms with Gasteiger partial charge < -0.3 is 19.2 Å². The number of anilines is 1. The molecule has 0 aliphatic rings. The topological polar surface area (TPSA) is 77.8 Å². The van der Waals surface area contributed by atoms with E-state index in [1.54, 1.807) is 48.5 Å². The van der Waals surface area contributed by atoms with Crippen LogP contribution in [-0.4, -0.2) is 25.9 Å². The van der Waals surface area contributed by atoms with Gasteiger partial charge in [-0.3, -0.25) is 9.59 Å². The van der Waals surface area contributed by atoms with Crippen molar-refractivity contribution in [2.24, 2.45) is 0 Å². The Morgan fingerprint density at radius 3 is 2.39 bits per heavy atom. The predicted octanol–water partition coefficient (Wildman–Crippen LogP) is 5.24. The summed E-state index contributed by atoms with van der Waals surface area (Å²) >= 11 is 0. The molecule has 4 rings (SSSR count). The lowest BCUT2D eigenvalue weighted by atomic mass is 10.0. The second-order valence-electron chi connectivity index (χ2n) is 6.98. The first-order chi connectivity index (χ1) is 15.0. The fourth-order valence-electron chi connectivity index (χ4n) is 3.42. The number of ether oxygens (including phenoxy) is 2. The third-order valence-corrected chi connectivity index (χ3v) is 5.09. The first-order valence-electron chi connectivity index (χ1n) is 9.68. The molecule has 0 atom stereocenters. The number of hydrogen-bond donors (Lipinski definition) is 1. The zero-order chi connectivity index (χ0) is 22.0. The van der Waals surface area contributed by atoms with Crippen LogP contribution in [0.15, 0.2) is 71.1 Å². The number of benzene rings is 3. The van der Waals surface area contributed by atoms with E-state index in [2.05, 4.69) is 5.32 Å². The molecule has 0 bridgehead atoms. The van der Waals surface area contributed by atoms with Gasteiger partial charge in [0, 0.05) is 22.2 Å². The number of furan rings is 1. The quantitative estimate of drug-likeness (QED) is 0.436. The second kappa shape index (κ2) is 8.36. The SMILES string of the molecule is COc1ccc(OC)c(C(=O)c2oc3ccc(NC(=O)c4ccccc4)cc3c2C)c1. The standard InChI is InChI=1S/C25H21NO5/c1-15-19-13-17(26-25(28)16-7-5-4-6-8-16)9-11-22(19)31-24(15)23(27)20-14-18(29-2)10-12-21(20)30-3/h4-14H,1-3H3,(H,26,28). The molecule has 31 heavy (non-hydrogen) atoms. The maximum absolute atomic E-state index is 13.2. The van der Waals surface area contributed by atoms with Crippen LogP contribution in [0.25, 0.3) is 11.0 Å². The number of methoxy groups -OCH3 is 2. The predicted molar refractivity (Wildman–Crippen MR) is 118 cm³/mol. The number of nitrogens with one attached hydrogen (secondary N) is 1. The normalized spacial score (nSPS) is 10.7. The summed E-state index contributed by atoms with van der Waals surface area (Å²) in [5, 5.41) is 3.63. The molecule has 0 radical (unpaired) electrons. The molecule has 1 heterocycles. The van der Waals surface area contributed by atoms with E-state index >= 15 is 0 Å². The van der Waals surface area contributed by atoms with Crippen molar-refractivity contribution in [2.45, 2.75) is 6.92 Å². The first-order valence-corrected chi connectivity index (χ1v) is 9.68. The number of carbonyl (C=O) groups excluding carboxylic acids is 2. The Kier molecular flexibility index (Phi) is 5.45. The number of hydrogen-bond acceptors (Lipinski definition) is 5. The number of amides is 1. The number of rotatable bonds is 6. The van der Waals surface area contributed by atoms with Crippen molar-refractivity contribution in [3.63, 3.8) is 0 Å². The summed E-state index contributed by atoms with van der Waals surface area (Å²) in [4.78, 5) is 25.7. The zero-order valence-electron chi connectivity index (χ0n) is 17.4. The summed E-state index contributed by atoms with van der Waals surface area (Å²) in [7, 11) is 3.04. The fourth-order valence-corrected chi connectivity index (χ4v) is 3.42. The first kappa shape index (κ1) is 20.2. The third kappa shape index (κ3) is 3.88. The summed E-state index contributed by atoms with van der Waals surface area (Å²) in [5.41, 5.74) is 2.76. The van der Waals surface area contributed by atoms with E-state index in [-0.39, 0.29) is 17.5 Å². The molecule has 0 spiro atoms. The molecule has 1 aromatic heterocycles. The summed E-state index contributed by atoms with van der Waals surface area (Å²) in [6.07, 6.45) is 0. The minimum absolute atomic E-state index is 0.210. The van der Waals surface area contributed by atoms with Crippen LogP contribution in [0.4, 0.5) is 5.69 Å². The van der Waals surface area contributed by atoms with Gasteiger partial charge in [-0.1, -0.05) is 18.2 Å². The van der Waals surface area contributed by atoms with Gasteiger partial charge in [0.05, 0.1) is 19.8 Å². The van der Waals surface area contributed by atoms with E-state index < -0.39 is 0 Å². The van der Waals surface area contributed by atoms with Crippen molar-refractivity contribution in [3.05, 3.63) is 89.2 Å².